The SMILES string of the molecule is CC(C)(C)c1cc(-c2cccc(-c3ccccc3O)n2)nc(-c2ccccc2O)c1. The van der Waals surface area contributed by atoms with Crippen molar-refractivity contribution in [3.05, 3.63) is 84.4 Å². The van der Waals surface area contributed by atoms with Gasteiger partial charge in [0.05, 0.1) is 22.8 Å². The second-order valence-corrected chi connectivity index (χ2v) is 8.32. The van der Waals surface area contributed by atoms with Crippen molar-refractivity contribution in [2.45, 2.75) is 26.2 Å². The maximum Gasteiger partial charge on any atom is 0.124 e. The van der Waals surface area contributed by atoms with Crippen LogP contribution < -0.4 is 0 Å². The summed E-state index contributed by atoms with van der Waals surface area (Å²) in [5.41, 5.74) is 5.15. The fraction of sp³-hybridized carbons (Fsp3) is 0.154. The van der Waals surface area contributed by atoms with Gasteiger partial charge >= 0.3 is 0 Å². The number of benzene rings is 2. The third-order valence-electron chi connectivity index (χ3n) is 5.06. The Labute approximate surface area is 176 Å². The zero-order valence-corrected chi connectivity index (χ0v) is 17.3. The molecule has 2 N–H and O–H groups in total. The topological polar surface area (TPSA) is 66.2 Å². The first kappa shape index (κ1) is 19.6. The number of hydrogen-bond donors (Lipinski definition) is 2. The van der Waals surface area contributed by atoms with Gasteiger partial charge in [0.1, 0.15) is 11.5 Å². The fourth-order valence-corrected chi connectivity index (χ4v) is 3.34. The molecule has 4 aromatic rings. The molecular formula is C26H24N2O2. The predicted molar refractivity (Wildman–Crippen MR) is 120 cm³/mol. The maximum absolute atomic E-state index is 10.4. The molecule has 4 nitrogen and oxygen atoms in total. The number of nitrogens with zero attached hydrogens (tertiary/aromatic N) is 2. The number of para-hydroxylation sites is 2. The Morgan fingerprint density at radius 2 is 1.07 bits per heavy atom. The Morgan fingerprint density at radius 1 is 0.567 bits per heavy atom. The number of pyridine rings is 2. The van der Waals surface area contributed by atoms with E-state index in [9.17, 15) is 10.2 Å². The summed E-state index contributed by atoms with van der Waals surface area (Å²) in [5.74, 6) is 0.381. The van der Waals surface area contributed by atoms with Crippen LogP contribution in [0.2, 0.25) is 0 Å². The van der Waals surface area contributed by atoms with Gasteiger partial charge in [0.15, 0.2) is 0 Å². The molecule has 4 rings (SSSR count). The Bertz CT molecular complexity index is 1210. The van der Waals surface area contributed by atoms with Crippen molar-refractivity contribution in [2.75, 3.05) is 0 Å². The van der Waals surface area contributed by atoms with Crippen molar-refractivity contribution in [3.63, 3.8) is 0 Å². The first-order valence-electron chi connectivity index (χ1n) is 9.90. The molecule has 2 heterocycles. The summed E-state index contributed by atoms with van der Waals surface area (Å²) in [6.45, 7) is 6.44. The van der Waals surface area contributed by atoms with Crippen LogP contribution in [0.25, 0.3) is 33.9 Å². The third kappa shape index (κ3) is 3.90. The molecular weight excluding hydrogens is 372 g/mol. The molecule has 0 bridgehead atoms. The average molecular weight is 396 g/mol. The van der Waals surface area contributed by atoms with Gasteiger partial charge in [-0.05, 0) is 59.5 Å². The molecule has 0 spiro atoms. The number of aromatic hydroxyl groups is 2. The normalized spacial score (nSPS) is 11.4. The minimum absolute atomic E-state index is 0.105. The van der Waals surface area contributed by atoms with E-state index in [0.717, 1.165) is 11.3 Å². The minimum atomic E-state index is -0.105. The van der Waals surface area contributed by atoms with Gasteiger partial charge in [-0.3, -0.25) is 0 Å². The molecule has 2 aromatic heterocycles. The van der Waals surface area contributed by atoms with Crippen LogP contribution >= 0.6 is 0 Å². The van der Waals surface area contributed by atoms with Crippen LogP contribution in [-0.2, 0) is 5.41 Å². The number of hydrogen-bond acceptors (Lipinski definition) is 4. The summed E-state index contributed by atoms with van der Waals surface area (Å²) < 4.78 is 0. The van der Waals surface area contributed by atoms with Gasteiger partial charge < -0.3 is 10.2 Å². The van der Waals surface area contributed by atoms with E-state index in [1.165, 1.54) is 0 Å². The quantitative estimate of drug-likeness (QED) is 0.433. The minimum Gasteiger partial charge on any atom is -0.507 e. The van der Waals surface area contributed by atoms with E-state index in [1.807, 2.05) is 54.6 Å². The van der Waals surface area contributed by atoms with Crippen LogP contribution in [0.3, 0.4) is 0 Å². The zero-order valence-electron chi connectivity index (χ0n) is 17.3. The van der Waals surface area contributed by atoms with Gasteiger partial charge in [-0.2, -0.15) is 0 Å². The van der Waals surface area contributed by atoms with Crippen molar-refractivity contribution >= 4 is 0 Å². The Balaban J connectivity index is 1.89. The largest absolute Gasteiger partial charge is 0.507 e. The molecule has 2 aromatic carbocycles. The first-order chi connectivity index (χ1) is 14.3. The summed E-state index contributed by atoms with van der Waals surface area (Å²) in [5, 5.41) is 20.6. The molecule has 0 saturated carbocycles. The average Bonchev–Trinajstić information content (AvgIpc) is 2.73. The second-order valence-electron chi connectivity index (χ2n) is 8.32. The molecule has 0 aliphatic carbocycles. The fourth-order valence-electron chi connectivity index (χ4n) is 3.34. The highest BCUT2D eigenvalue weighted by Gasteiger charge is 2.19. The molecule has 0 aliphatic rings. The van der Waals surface area contributed by atoms with Gasteiger partial charge in [0.2, 0.25) is 0 Å². The number of rotatable bonds is 3. The summed E-state index contributed by atoms with van der Waals surface area (Å²) in [7, 11) is 0. The van der Waals surface area contributed by atoms with Crippen molar-refractivity contribution in [3.8, 4) is 45.4 Å². The lowest BCUT2D eigenvalue weighted by atomic mass is 9.86. The van der Waals surface area contributed by atoms with Gasteiger partial charge in [-0.1, -0.05) is 51.1 Å². The van der Waals surface area contributed by atoms with Crippen LogP contribution in [0.5, 0.6) is 11.5 Å². The van der Waals surface area contributed by atoms with E-state index >= 15 is 0 Å². The first-order valence-corrected chi connectivity index (χ1v) is 9.90. The van der Waals surface area contributed by atoms with E-state index in [4.69, 9.17) is 9.97 Å². The van der Waals surface area contributed by atoms with E-state index < -0.39 is 0 Å². The summed E-state index contributed by atoms with van der Waals surface area (Å²) in [4.78, 5) is 9.59. The zero-order chi connectivity index (χ0) is 21.3. The van der Waals surface area contributed by atoms with E-state index in [2.05, 4.69) is 20.8 Å². The molecule has 150 valence electrons. The molecule has 0 radical (unpaired) electrons. The molecule has 0 aliphatic heterocycles. The number of aromatic nitrogens is 2. The highest BCUT2D eigenvalue weighted by molar-refractivity contribution is 5.73. The highest BCUT2D eigenvalue weighted by atomic mass is 16.3. The summed E-state index contributed by atoms with van der Waals surface area (Å²) >= 11 is 0. The molecule has 0 saturated heterocycles. The Morgan fingerprint density at radius 3 is 1.67 bits per heavy atom. The molecule has 0 amide bonds. The number of phenols is 2. The van der Waals surface area contributed by atoms with Gasteiger partial charge in [0, 0.05) is 11.1 Å². The third-order valence-corrected chi connectivity index (χ3v) is 5.06. The van der Waals surface area contributed by atoms with E-state index in [0.29, 0.717) is 28.2 Å². The van der Waals surface area contributed by atoms with Crippen molar-refractivity contribution in [2.24, 2.45) is 0 Å². The van der Waals surface area contributed by atoms with Crippen molar-refractivity contribution in [1.82, 2.24) is 9.97 Å². The lowest BCUT2D eigenvalue weighted by Gasteiger charge is -2.21. The second kappa shape index (κ2) is 7.64. The molecule has 4 heteroatoms. The highest BCUT2D eigenvalue weighted by Crippen LogP contribution is 2.34. The van der Waals surface area contributed by atoms with Crippen LogP contribution in [0.15, 0.2) is 78.9 Å². The van der Waals surface area contributed by atoms with E-state index in [1.54, 1.807) is 24.3 Å². The Kier molecular flexibility index (Phi) is 5.00. The van der Waals surface area contributed by atoms with Crippen LogP contribution in [0.1, 0.15) is 26.3 Å². The monoisotopic (exact) mass is 396 g/mol. The lowest BCUT2D eigenvalue weighted by molar-refractivity contribution is 0.476. The lowest BCUT2D eigenvalue weighted by Crippen LogP contribution is -2.12. The Hall–Kier alpha value is -3.66. The smallest absolute Gasteiger partial charge is 0.124 e. The summed E-state index contributed by atoms with van der Waals surface area (Å²) in [6, 6.07) is 24.1. The molecule has 0 atom stereocenters. The van der Waals surface area contributed by atoms with Gasteiger partial charge in [-0.25, -0.2) is 9.97 Å². The van der Waals surface area contributed by atoms with Crippen molar-refractivity contribution < 1.29 is 10.2 Å². The summed E-state index contributed by atoms with van der Waals surface area (Å²) in [6.07, 6.45) is 0. The standard InChI is InChI=1S/C26H24N2O2/c1-26(2,3)17-15-22(19-10-5-7-14-25(19)30)28-23(16-17)21-12-8-11-20(27-21)18-9-4-6-13-24(18)29/h4-16,29-30H,1-3H3. The van der Waals surface area contributed by atoms with Crippen LogP contribution in [-0.4, -0.2) is 20.2 Å². The van der Waals surface area contributed by atoms with Crippen LogP contribution in [0, 0.1) is 0 Å². The molecule has 0 fully saturated rings. The van der Waals surface area contributed by atoms with Crippen LogP contribution in [0.4, 0.5) is 0 Å². The van der Waals surface area contributed by atoms with Crippen molar-refractivity contribution in [1.29, 1.82) is 0 Å². The predicted octanol–water partition coefficient (Wildman–Crippen LogP) is 6.19. The molecule has 0 unspecified atom stereocenters. The maximum atomic E-state index is 10.4. The molecule has 30 heavy (non-hydrogen) atoms. The number of phenolic OH excluding ortho intramolecular Hbond substituents is 2. The van der Waals surface area contributed by atoms with Gasteiger partial charge in [-0.15, -0.1) is 0 Å². The van der Waals surface area contributed by atoms with Gasteiger partial charge in [0.25, 0.3) is 0 Å². The van der Waals surface area contributed by atoms with E-state index in [-0.39, 0.29) is 16.9 Å².